The van der Waals surface area contributed by atoms with Gasteiger partial charge in [0.15, 0.2) is 0 Å². The Kier molecular flexibility index (Phi) is 6.13. The summed E-state index contributed by atoms with van der Waals surface area (Å²) in [5.41, 5.74) is 2.80. The first-order chi connectivity index (χ1) is 16.4. The van der Waals surface area contributed by atoms with Gasteiger partial charge in [-0.1, -0.05) is 37.6 Å². The van der Waals surface area contributed by atoms with E-state index in [1.165, 1.54) is 5.56 Å². The molecular formula is C26H27ClN4O3. The molecule has 34 heavy (non-hydrogen) atoms. The Morgan fingerprint density at radius 2 is 1.94 bits per heavy atom. The zero-order chi connectivity index (χ0) is 23.8. The standard InChI is InChI=1S/C26H27ClN4O3/c1-16(2)18-4-3-5-22(12-18)30-14-19(13-24(30)32)26(33)31(21-10-11-21)15-23-28-29-25(34-23)17-6-8-20(27)9-7-17/h3-9,12,16,19,21H,10-11,13-15H2,1-2H3. The van der Waals surface area contributed by atoms with E-state index in [0.29, 0.717) is 29.3 Å². The van der Waals surface area contributed by atoms with Gasteiger partial charge in [0, 0.05) is 35.3 Å². The van der Waals surface area contributed by atoms with Crippen LogP contribution in [0.15, 0.2) is 52.9 Å². The normalized spacial score (nSPS) is 18.1. The summed E-state index contributed by atoms with van der Waals surface area (Å²) in [4.78, 5) is 29.9. The molecule has 1 aliphatic carbocycles. The van der Waals surface area contributed by atoms with Crippen LogP contribution >= 0.6 is 11.6 Å². The largest absolute Gasteiger partial charge is 0.419 e. The number of hydrogen-bond donors (Lipinski definition) is 0. The summed E-state index contributed by atoms with van der Waals surface area (Å²) in [5, 5.41) is 8.92. The van der Waals surface area contributed by atoms with Crippen molar-refractivity contribution in [2.45, 2.75) is 51.6 Å². The molecule has 1 atom stereocenters. The first-order valence-electron chi connectivity index (χ1n) is 11.7. The molecule has 0 spiro atoms. The summed E-state index contributed by atoms with van der Waals surface area (Å²) < 4.78 is 5.84. The van der Waals surface area contributed by atoms with E-state index in [4.69, 9.17) is 16.0 Å². The molecule has 2 aromatic carbocycles. The van der Waals surface area contributed by atoms with Crippen LogP contribution in [0, 0.1) is 5.92 Å². The van der Waals surface area contributed by atoms with Crippen LogP contribution in [0.1, 0.15) is 50.5 Å². The van der Waals surface area contributed by atoms with Gasteiger partial charge in [0.1, 0.15) is 0 Å². The lowest BCUT2D eigenvalue weighted by atomic mass is 10.0. The van der Waals surface area contributed by atoms with Crippen LogP contribution in [-0.4, -0.2) is 39.5 Å². The van der Waals surface area contributed by atoms with Crippen molar-refractivity contribution in [1.82, 2.24) is 15.1 Å². The van der Waals surface area contributed by atoms with Gasteiger partial charge in [-0.05, 0) is 60.7 Å². The predicted molar refractivity (Wildman–Crippen MR) is 129 cm³/mol. The van der Waals surface area contributed by atoms with E-state index in [-0.39, 0.29) is 36.7 Å². The van der Waals surface area contributed by atoms with Crippen LogP contribution in [0.25, 0.3) is 11.5 Å². The van der Waals surface area contributed by atoms with E-state index in [1.54, 1.807) is 17.0 Å². The number of anilines is 1. The first kappa shape index (κ1) is 22.6. The predicted octanol–water partition coefficient (Wildman–Crippen LogP) is 5.06. The number of rotatable bonds is 7. The van der Waals surface area contributed by atoms with Gasteiger partial charge >= 0.3 is 0 Å². The SMILES string of the molecule is CC(C)c1cccc(N2CC(C(=O)N(Cc3nnc(-c4ccc(Cl)cc4)o3)C3CC3)CC2=O)c1. The van der Waals surface area contributed by atoms with Gasteiger partial charge < -0.3 is 14.2 Å². The molecule has 2 fully saturated rings. The van der Waals surface area contributed by atoms with Crippen molar-refractivity contribution >= 4 is 29.1 Å². The molecule has 1 aliphatic heterocycles. The highest BCUT2D eigenvalue weighted by atomic mass is 35.5. The van der Waals surface area contributed by atoms with E-state index in [1.807, 2.05) is 35.2 Å². The van der Waals surface area contributed by atoms with E-state index >= 15 is 0 Å². The molecule has 7 nitrogen and oxygen atoms in total. The van der Waals surface area contributed by atoms with Crippen molar-refractivity contribution in [3.05, 3.63) is 65.0 Å². The van der Waals surface area contributed by atoms with Gasteiger partial charge in [0.05, 0.1) is 12.5 Å². The lowest BCUT2D eigenvalue weighted by Gasteiger charge is -2.24. The number of hydrogen-bond acceptors (Lipinski definition) is 5. The first-order valence-corrected chi connectivity index (χ1v) is 12.1. The molecule has 2 heterocycles. The Bertz CT molecular complexity index is 1200. The third-order valence-electron chi connectivity index (χ3n) is 6.46. The zero-order valence-corrected chi connectivity index (χ0v) is 20.0. The summed E-state index contributed by atoms with van der Waals surface area (Å²) in [6.07, 6.45) is 2.11. The number of benzene rings is 2. The van der Waals surface area contributed by atoms with Crippen molar-refractivity contribution in [3.63, 3.8) is 0 Å². The number of carbonyl (C=O) groups is 2. The van der Waals surface area contributed by atoms with Crippen molar-refractivity contribution in [3.8, 4) is 11.5 Å². The maximum atomic E-state index is 13.5. The minimum atomic E-state index is -0.380. The molecular weight excluding hydrogens is 452 g/mol. The Hall–Kier alpha value is -3.19. The Labute approximate surface area is 203 Å². The molecule has 8 heteroatoms. The summed E-state index contributed by atoms with van der Waals surface area (Å²) in [7, 11) is 0. The Morgan fingerprint density at radius 3 is 2.65 bits per heavy atom. The minimum Gasteiger partial charge on any atom is -0.419 e. The summed E-state index contributed by atoms with van der Waals surface area (Å²) in [5.74, 6) is 0.725. The fourth-order valence-corrected chi connectivity index (χ4v) is 4.48. The van der Waals surface area contributed by atoms with Crippen LogP contribution in [0.4, 0.5) is 5.69 Å². The number of nitrogens with zero attached hydrogens (tertiary/aromatic N) is 4. The molecule has 3 aromatic rings. The van der Waals surface area contributed by atoms with Gasteiger partial charge in [-0.3, -0.25) is 9.59 Å². The topological polar surface area (TPSA) is 79.5 Å². The quantitative estimate of drug-likeness (QED) is 0.474. The average molecular weight is 479 g/mol. The van der Waals surface area contributed by atoms with Crippen molar-refractivity contribution in [2.24, 2.45) is 5.92 Å². The Morgan fingerprint density at radius 1 is 1.18 bits per heavy atom. The van der Waals surface area contributed by atoms with Gasteiger partial charge in [-0.2, -0.15) is 0 Å². The summed E-state index contributed by atoms with van der Waals surface area (Å²) >= 11 is 5.95. The van der Waals surface area contributed by atoms with Gasteiger partial charge in [0.2, 0.25) is 23.6 Å². The second-order valence-electron chi connectivity index (χ2n) is 9.36. The van der Waals surface area contributed by atoms with Crippen LogP contribution < -0.4 is 4.90 Å². The molecule has 2 aliphatic rings. The molecule has 0 radical (unpaired) electrons. The monoisotopic (exact) mass is 478 g/mol. The third kappa shape index (κ3) is 4.71. The van der Waals surface area contributed by atoms with Gasteiger partial charge in [-0.25, -0.2) is 0 Å². The molecule has 0 N–H and O–H groups in total. The van der Waals surface area contributed by atoms with Crippen molar-refractivity contribution in [2.75, 3.05) is 11.4 Å². The highest BCUT2D eigenvalue weighted by Crippen LogP contribution is 2.34. The zero-order valence-electron chi connectivity index (χ0n) is 19.3. The molecule has 2 amide bonds. The second kappa shape index (κ2) is 9.22. The third-order valence-corrected chi connectivity index (χ3v) is 6.71. The van der Waals surface area contributed by atoms with E-state index < -0.39 is 0 Å². The molecule has 1 saturated carbocycles. The molecule has 176 valence electrons. The van der Waals surface area contributed by atoms with E-state index in [9.17, 15) is 9.59 Å². The summed E-state index contributed by atoms with van der Waals surface area (Å²) in [6.45, 7) is 4.89. The maximum Gasteiger partial charge on any atom is 0.247 e. The van der Waals surface area contributed by atoms with Crippen LogP contribution in [0.2, 0.25) is 5.02 Å². The maximum absolute atomic E-state index is 13.5. The second-order valence-corrected chi connectivity index (χ2v) is 9.80. The molecule has 5 rings (SSSR count). The smallest absolute Gasteiger partial charge is 0.247 e. The highest BCUT2D eigenvalue weighted by molar-refractivity contribution is 6.30. The fraction of sp³-hybridized carbons (Fsp3) is 0.385. The fourth-order valence-electron chi connectivity index (χ4n) is 4.35. The van der Waals surface area contributed by atoms with Gasteiger partial charge in [-0.15, -0.1) is 10.2 Å². The minimum absolute atomic E-state index is 0.0159. The Balaban J connectivity index is 1.30. The van der Waals surface area contributed by atoms with Crippen LogP contribution in [-0.2, 0) is 16.1 Å². The molecule has 0 bridgehead atoms. The molecule has 1 aromatic heterocycles. The van der Waals surface area contributed by atoms with E-state index in [0.717, 1.165) is 24.1 Å². The van der Waals surface area contributed by atoms with Crippen LogP contribution in [0.3, 0.4) is 0 Å². The molecule has 1 saturated heterocycles. The average Bonchev–Trinajstić information content (AvgIpc) is 3.44. The number of amides is 2. The lowest BCUT2D eigenvalue weighted by Crippen LogP contribution is -2.38. The highest BCUT2D eigenvalue weighted by Gasteiger charge is 2.42. The van der Waals surface area contributed by atoms with Gasteiger partial charge in [0.25, 0.3) is 0 Å². The summed E-state index contributed by atoms with van der Waals surface area (Å²) in [6, 6.07) is 15.3. The lowest BCUT2D eigenvalue weighted by molar-refractivity contribution is -0.137. The van der Waals surface area contributed by atoms with E-state index in [2.05, 4.69) is 30.1 Å². The number of halogens is 1. The van der Waals surface area contributed by atoms with Crippen LogP contribution in [0.5, 0.6) is 0 Å². The van der Waals surface area contributed by atoms with Crippen molar-refractivity contribution in [1.29, 1.82) is 0 Å². The number of aromatic nitrogens is 2. The van der Waals surface area contributed by atoms with Crippen molar-refractivity contribution < 1.29 is 14.0 Å². The molecule has 1 unspecified atom stereocenters. The number of carbonyl (C=O) groups excluding carboxylic acids is 2.